The average molecular weight is 570 g/mol. The Morgan fingerprint density at radius 3 is 2.08 bits per heavy atom. The van der Waals surface area contributed by atoms with Crippen molar-refractivity contribution in [3.05, 3.63) is 101 Å². The van der Waals surface area contributed by atoms with Gasteiger partial charge < -0.3 is 10.2 Å². The fourth-order valence-electron chi connectivity index (χ4n) is 4.29. The molecule has 0 saturated heterocycles. The minimum atomic E-state index is -3.82. The van der Waals surface area contributed by atoms with Gasteiger partial charge in [-0.3, -0.25) is 13.9 Å². The summed E-state index contributed by atoms with van der Waals surface area (Å²) in [5, 5.41) is 3.16. The summed E-state index contributed by atoms with van der Waals surface area (Å²) >= 11 is 6.21. The van der Waals surface area contributed by atoms with Gasteiger partial charge in [-0.25, -0.2) is 8.42 Å². The molecule has 0 aliphatic carbocycles. The van der Waals surface area contributed by atoms with Crippen molar-refractivity contribution in [2.75, 3.05) is 24.2 Å². The maximum absolute atomic E-state index is 13.9. The molecule has 0 fully saturated rings. The van der Waals surface area contributed by atoms with Gasteiger partial charge in [0.2, 0.25) is 21.8 Å². The number of halogens is 1. The third kappa shape index (κ3) is 8.31. The standard InChI is InChI=1S/C30H36ClN3O4S/c1-30(2,3)24-14-16-26(17-15-24)34(39(5,37)38)21-28(35)33(20-23-12-9-13-25(31)18-23)27(29(36)32-4)19-22-10-7-6-8-11-22/h6-18,27H,19-21H2,1-5H3,(H,32,36)/t27-/m0/s1. The lowest BCUT2D eigenvalue weighted by molar-refractivity contribution is -0.139. The van der Waals surface area contributed by atoms with E-state index in [-0.39, 0.29) is 24.3 Å². The molecule has 0 aromatic heterocycles. The van der Waals surface area contributed by atoms with Gasteiger partial charge in [-0.1, -0.05) is 87.0 Å². The third-order valence-corrected chi connectivity index (χ3v) is 7.84. The van der Waals surface area contributed by atoms with Crippen LogP contribution in [0.2, 0.25) is 5.02 Å². The zero-order chi connectivity index (χ0) is 28.8. The molecule has 3 rings (SSSR count). The van der Waals surface area contributed by atoms with Crippen LogP contribution in [0.25, 0.3) is 0 Å². The summed E-state index contributed by atoms with van der Waals surface area (Å²) in [6.07, 6.45) is 1.32. The predicted molar refractivity (Wildman–Crippen MR) is 157 cm³/mol. The zero-order valence-electron chi connectivity index (χ0n) is 23.0. The maximum atomic E-state index is 13.9. The Labute approximate surface area is 236 Å². The zero-order valence-corrected chi connectivity index (χ0v) is 24.6. The monoisotopic (exact) mass is 569 g/mol. The Kier molecular flexibility index (Phi) is 9.80. The third-order valence-electron chi connectivity index (χ3n) is 6.46. The lowest BCUT2D eigenvalue weighted by atomic mass is 9.87. The van der Waals surface area contributed by atoms with Crippen LogP contribution in [0.3, 0.4) is 0 Å². The first-order valence-corrected chi connectivity index (χ1v) is 14.9. The Balaban J connectivity index is 2.02. The first kappa shape index (κ1) is 30.2. The summed E-state index contributed by atoms with van der Waals surface area (Å²) in [5.41, 5.74) is 2.89. The lowest BCUT2D eigenvalue weighted by Crippen LogP contribution is -2.52. The maximum Gasteiger partial charge on any atom is 0.244 e. The van der Waals surface area contributed by atoms with Crippen LogP contribution < -0.4 is 9.62 Å². The van der Waals surface area contributed by atoms with Crippen molar-refractivity contribution in [3.8, 4) is 0 Å². The van der Waals surface area contributed by atoms with Gasteiger partial charge >= 0.3 is 0 Å². The number of carbonyl (C=O) groups excluding carboxylic acids is 2. The van der Waals surface area contributed by atoms with Crippen LogP contribution >= 0.6 is 11.6 Å². The van der Waals surface area contributed by atoms with Crippen molar-refractivity contribution >= 4 is 39.1 Å². The molecular weight excluding hydrogens is 534 g/mol. The van der Waals surface area contributed by atoms with E-state index in [1.54, 1.807) is 30.3 Å². The molecule has 39 heavy (non-hydrogen) atoms. The molecule has 3 aromatic rings. The second kappa shape index (κ2) is 12.7. The van der Waals surface area contributed by atoms with E-state index >= 15 is 0 Å². The number of amides is 2. The van der Waals surface area contributed by atoms with Crippen LogP contribution in [0.4, 0.5) is 5.69 Å². The van der Waals surface area contributed by atoms with Gasteiger partial charge in [0.15, 0.2) is 0 Å². The highest BCUT2D eigenvalue weighted by molar-refractivity contribution is 7.92. The Morgan fingerprint density at radius 1 is 0.923 bits per heavy atom. The molecule has 1 N–H and O–H groups in total. The minimum absolute atomic E-state index is 0.0743. The summed E-state index contributed by atoms with van der Waals surface area (Å²) in [6, 6.07) is 22.7. The smallest absolute Gasteiger partial charge is 0.244 e. The Bertz CT molecular complexity index is 1390. The first-order valence-electron chi connectivity index (χ1n) is 12.7. The SMILES string of the molecule is CNC(=O)[C@H](Cc1ccccc1)N(Cc1cccc(Cl)c1)C(=O)CN(c1ccc(C(C)(C)C)cc1)S(C)(=O)=O. The molecule has 0 aliphatic rings. The van der Waals surface area contributed by atoms with E-state index in [1.807, 2.05) is 48.5 Å². The summed E-state index contributed by atoms with van der Waals surface area (Å²) in [5.74, 6) is -0.862. The summed E-state index contributed by atoms with van der Waals surface area (Å²) in [4.78, 5) is 28.5. The first-order chi connectivity index (χ1) is 18.3. The van der Waals surface area contributed by atoms with Gasteiger partial charge in [0.25, 0.3) is 0 Å². The Hall–Kier alpha value is -3.36. The molecule has 3 aromatic carbocycles. The highest BCUT2D eigenvalue weighted by Crippen LogP contribution is 2.26. The Morgan fingerprint density at radius 2 is 1.54 bits per heavy atom. The number of hydrogen-bond donors (Lipinski definition) is 1. The molecule has 1 atom stereocenters. The highest BCUT2D eigenvalue weighted by atomic mass is 35.5. The lowest BCUT2D eigenvalue weighted by Gasteiger charge is -2.33. The van der Waals surface area contributed by atoms with E-state index in [1.165, 1.54) is 11.9 Å². The van der Waals surface area contributed by atoms with E-state index in [2.05, 4.69) is 26.1 Å². The van der Waals surface area contributed by atoms with Crippen molar-refractivity contribution in [1.82, 2.24) is 10.2 Å². The predicted octanol–water partition coefficient (Wildman–Crippen LogP) is 4.79. The molecule has 0 bridgehead atoms. The molecule has 2 amide bonds. The van der Waals surface area contributed by atoms with Gasteiger partial charge in [-0.15, -0.1) is 0 Å². The van der Waals surface area contributed by atoms with E-state index in [4.69, 9.17) is 11.6 Å². The highest BCUT2D eigenvalue weighted by Gasteiger charge is 2.32. The molecule has 0 unspecified atom stereocenters. The molecule has 7 nitrogen and oxygen atoms in total. The number of benzene rings is 3. The number of anilines is 1. The number of likely N-dealkylation sites (N-methyl/N-ethyl adjacent to an activating group) is 1. The van der Waals surface area contributed by atoms with Gasteiger partial charge in [0.1, 0.15) is 12.6 Å². The average Bonchev–Trinajstić information content (AvgIpc) is 2.88. The van der Waals surface area contributed by atoms with E-state index in [9.17, 15) is 18.0 Å². The molecule has 0 spiro atoms. The minimum Gasteiger partial charge on any atom is -0.357 e. The number of hydrogen-bond acceptors (Lipinski definition) is 4. The van der Waals surface area contributed by atoms with Gasteiger partial charge in [0.05, 0.1) is 11.9 Å². The van der Waals surface area contributed by atoms with Crippen molar-refractivity contribution in [3.63, 3.8) is 0 Å². The van der Waals surface area contributed by atoms with E-state index < -0.39 is 28.5 Å². The van der Waals surface area contributed by atoms with Crippen LogP contribution in [-0.4, -0.2) is 51.0 Å². The van der Waals surface area contributed by atoms with Gasteiger partial charge in [0, 0.05) is 25.0 Å². The molecule has 0 radical (unpaired) electrons. The molecule has 208 valence electrons. The fraction of sp³-hybridized carbons (Fsp3) is 0.333. The van der Waals surface area contributed by atoms with Gasteiger partial charge in [-0.05, 0) is 46.4 Å². The van der Waals surface area contributed by atoms with E-state index in [0.717, 1.165) is 27.3 Å². The fourth-order valence-corrected chi connectivity index (χ4v) is 5.36. The van der Waals surface area contributed by atoms with Crippen molar-refractivity contribution in [2.45, 2.75) is 45.2 Å². The molecule has 0 aliphatic heterocycles. The largest absolute Gasteiger partial charge is 0.357 e. The van der Waals surface area contributed by atoms with Crippen molar-refractivity contribution in [1.29, 1.82) is 0 Å². The van der Waals surface area contributed by atoms with E-state index in [0.29, 0.717) is 10.7 Å². The number of carbonyl (C=O) groups is 2. The topological polar surface area (TPSA) is 86.8 Å². The molecular formula is C30H36ClN3O4S. The van der Waals surface area contributed by atoms with Crippen LogP contribution in [0.1, 0.15) is 37.5 Å². The van der Waals surface area contributed by atoms with Crippen LogP contribution in [0.15, 0.2) is 78.9 Å². The number of sulfonamides is 1. The van der Waals surface area contributed by atoms with Crippen molar-refractivity contribution < 1.29 is 18.0 Å². The molecule has 9 heteroatoms. The molecule has 0 saturated carbocycles. The van der Waals surface area contributed by atoms with Crippen LogP contribution in [-0.2, 0) is 38.0 Å². The number of nitrogens with one attached hydrogen (secondary N) is 1. The number of nitrogens with zero attached hydrogens (tertiary/aromatic N) is 2. The summed E-state index contributed by atoms with van der Waals surface area (Å²) in [7, 11) is -2.30. The van der Waals surface area contributed by atoms with Gasteiger partial charge in [-0.2, -0.15) is 0 Å². The summed E-state index contributed by atoms with van der Waals surface area (Å²) < 4.78 is 26.8. The van der Waals surface area contributed by atoms with Crippen molar-refractivity contribution in [2.24, 2.45) is 0 Å². The normalized spacial score (nSPS) is 12.5. The quantitative estimate of drug-likeness (QED) is 0.380. The summed E-state index contributed by atoms with van der Waals surface area (Å²) in [6.45, 7) is 5.82. The van der Waals surface area contributed by atoms with Crippen LogP contribution in [0, 0.1) is 0 Å². The van der Waals surface area contributed by atoms with Crippen LogP contribution in [0.5, 0.6) is 0 Å². The second-order valence-corrected chi connectivity index (χ2v) is 12.9. The molecule has 0 heterocycles. The second-order valence-electron chi connectivity index (χ2n) is 10.5. The number of rotatable bonds is 10.